The highest BCUT2D eigenvalue weighted by Gasteiger charge is 2.23. The number of benzene rings is 6. The lowest BCUT2D eigenvalue weighted by Crippen LogP contribution is -1.97. The zero-order valence-electron chi connectivity index (χ0n) is 32.8. The summed E-state index contributed by atoms with van der Waals surface area (Å²) in [4.78, 5) is 2.52. The molecule has 0 amide bonds. The van der Waals surface area contributed by atoms with Crippen LogP contribution in [0.15, 0.2) is 234 Å². The summed E-state index contributed by atoms with van der Waals surface area (Å²) in [5.74, 6) is 0.198. The summed E-state index contributed by atoms with van der Waals surface area (Å²) in [5, 5.41) is 5.01. The molecule has 10 rings (SSSR count). The summed E-state index contributed by atoms with van der Waals surface area (Å²) in [6.07, 6.45) is 36.4. The van der Waals surface area contributed by atoms with Gasteiger partial charge in [0.15, 0.2) is 0 Å². The minimum atomic E-state index is 0.198. The molecule has 3 heterocycles. The normalized spacial score (nSPS) is 20.8. The first-order valence-electron chi connectivity index (χ1n) is 20.3. The van der Waals surface area contributed by atoms with Gasteiger partial charge in [-0.05, 0) is 76.9 Å². The Kier molecular flexibility index (Phi) is 9.87. The number of hydrogen-bond acceptors (Lipinski definition) is 1. The molecular weight excluding hydrogens is 733 g/mol. The maximum absolute atomic E-state index is 2.44. The molecule has 1 aliphatic heterocycles. The first-order valence-corrected chi connectivity index (χ1v) is 21.1. The van der Waals surface area contributed by atoms with Crippen molar-refractivity contribution in [2.24, 2.45) is 0 Å². The molecule has 0 bridgehead atoms. The molecule has 2 nitrogen and oxygen atoms in total. The fourth-order valence-electron chi connectivity index (χ4n) is 8.51. The van der Waals surface area contributed by atoms with Crippen LogP contribution in [0.25, 0.3) is 72.2 Å². The molecule has 0 fully saturated rings. The van der Waals surface area contributed by atoms with Gasteiger partial charge in [0, 0.05) is 48.6 Å². The molecule has 3 heteroatoms. The second-order valence-electron chi connectivity index (χ2n) is 14.9. The van der Waals surface area contributed by atoms with Gasteiger partial charge >= 0.3 is 0 Å². The number of hydrogen-bond donors (Lipinski definition) is 0. The third-order valence-corrected chi connectivity index (χ3v) is 12.5. The highest BCUT2D eigenvalue weighted by molar-refractivity contribution is 7.99. The van der Waals surface area contributed by atoms with Gasteiger partial charge in [-0.1, -0.05) is 195 Å². The van der Waals surface area contributed by atoms with Crippen LogP contribution in [0.3, 0.4) is 0 Å². The van der Waals surface area contributed by atoms with E-state index in [1.165, 1.54) is 75.7 Å². The van der Waals surface area contributed by atoms with E-state index >= 15 is 0 Å². The number of nitrogens with zero attached hydrogens (tertiary/aromatic N) is 2. The molecule has 2 aliphatic rings. The summed E-state index contributed by atoms with van der Waals surface area (Å²) in [5.41, 5.74) is 12.0. The minimum Gasteiger partial charge on any atom is -0.309 e. The third kappa shape index (κ3) is 6.80. The van der Waals surface area contributed by atoms with E-state index in [1.807, 2.05) is 17.8 Å². The SMILES string of the molecule is CC1/C=C/C=C\C=C/c2c(ccc3c2c2ccccc2n3C2=C/C=C\C=C/C=C/C=C/C=C\2)Sc2c1ccc1c2c2ccccc2n1-c1ccc(-c2ccccc2)cc1. The van der Waals surface area contributed by atoms with Gasteiger partial charge in [-0.15, -0.1) is 0 Å². The van der Waals surface area contributed by atoms with Gasteiger partial charge in [0.2, 0.25) is 0 Å². The zero-order chi connectivity index (χ0) is 39.5. The van der Waals surface area contributed by atoms with Crippen molar-refractivity contribution in [1.82, 2.24) is 9.13 Å². The average molecular weight is 775 g/mol. The Morgan fingerprint density at radius 3 is 1.78 bits per heavy atom. The summed E-state index contributed by atoms with van der Waals surface area (Å²) in [6.45, 7) is 2.32. The molecule has 0 saturated carbocycles. The van der Waals surface area contributed by atoms with E-state index in [-0.39, 0.29) is 5.92 Å². The lowest BCUT2D eigenvalue weighted by atomic mass is 9.98. The Bertz CT molecular complexity index is 3170. The monoisotopic (exact) mass is 774 g/mol. The predicted octanol–water partition coefficient (Wildman–Crippen LogP) is 15.6. The van der Waals surface area contributed by atoms with Crippen molar-refractivity contribution in [3.63, 3.8) is 0 Å². The molecule has 0 spiro atoms. The first-order chi connectivity index (χ1) is 29.2. The maximum Gasteiger partial charge on any atom is 0.0552 e. The van der Waals surface area contributed by atoms with Gasteiger partial charge < -0.3 is 9.13 Å². The minimum absolute atomic E-state index is 0.198. The number of para-hydroxylation sites is 2. The highest BCUT2D eigenvalue weighted by atomic mass is 32.2. The van der Waals surface area contributed by atoms with Crippen LogP contribution >= 0.6 is 11.8 Å². The van der Waals surface area contributed by atoms with Crippen LogP contribution < -0.4 is 0 Å². The Morgan fingerprint density at radius 2 is 1.02 bits per heavy atom. The predicted molar refractivity (Wildman–Crippen MR) is 255 cm³/mol. The molecule has 0 radical (unpaired) electrons. The molecule has 282 valence electrons. The Morgan fingerprint density at radius 1 is 0.441 bits per heavy atom. The lowest BCUT2D eigenvalue weighted by Gasteiger charge is -2.18. The molecule has 2 aromatic heterocycles. The highest BCUT2D eigenvalue weighted by Crippen LogP contribution is 2.48. The molecule has 0 saturated heterocycles. The third-order valence-electron chi connectivity index (χ3n) is 11.3. The summed E-state index contributed by atoms with van der Waals surface area (Å²) in [6, 6.07) is 46.7. The van der Waals surface area contributed by atoms with Crippen LogP contribution in [0.1, 0.15) is 24.0 Å². The topological polar surface area (TPSA) is 9.86 Å². The van der Waals surface area contributed by atoms with E-state index in [0.717, 1.165) is 11.4 Å². The number of allylic oxidation sites excluding steroid dienone is 17. The second-order valence-corrected chi connectivity index (χ2v) is 15.9. The Balaban J connectivity index is 1.20. The van der Waals surface area contributed by atoms with Gasteiger partial charge in [-0.3, -0.25) is 0 Å². The molecule has 59 heavy (non-hydrogen) atoms. The number of rotatable bonds is 3. The van der Waals surface area contributed by atoms with Gasteiger partial charge in [0.05, 0.1) is 22.1 Å². The smallest absolute Gasteiger partial charge is 0.0552 e. The summed E-state index contributed by atoms with van der Waals surface area (Å²) < 4.78 is 4.85. The van der Waals surface area contributed by atoms with Crippen LogP contribution in [-0.4, -0.2) is 9.13 Å². The van der Waals surface area contributed by atoms with E-state index in [9.17, 15) is 0 Å². The fourth-order valence-corrected chi connectivity index (χ4v) is 9.84. The van der Waals surface area contributed by atoms with Crippen molar-refractivity contribution < 1.29 is 0 Å². The van der Waals surface area contributed by atoms with Gasteiger partial charge in [0.1, 0.15) is 0 Å². The van der Waals surface area contributed by atoms with E-state index in [0.29, 0.717) is 0 Å². The standard InChI is InChI=1S/C56H42N2S/c1-40-22-12-9-10-17-29-48-53(39-38-51-54(48)46-27-18-20-30-49(46)57(51)43-25-15-7-5-3-2-4-6-8-16-26-43)59-56-45(40)36-37-52-55(56)47-28-19-21-31-50(47)58(52)44-34-32-42(33-35-44)41-23-13-11-14-24-41/h2-40H,1H3/b3-2+,4-2?,5-3?,6-4-,7-5+,8-6?,10-9-,15-7?,16-8-,22-12+,25-15-,26-16?,29-17-,43-25?,43-26+. The zero-order valence-corrected chi connectivity index (χ0v) is 33.6. The first kappa shape index (κ1) is 36.3. The van der Waals surface area contributed by atoms with Gasteiger partial charge in [0.25, 0.3) is 0 Å². The van der Waals surface area contributed by atoms with E-state index in [1.54, 1.807) is 0 Å². The fraction of sp³-hybridized carbons (Fsp3) is 0.0357. The van der Waals surface area contributed by atoms with Crippen molar-refractivity contribution in [1.29, 1.82) is 0 Å². The summed E-state index contributed by atoms with van der Waals surface area (Å²) in [7, 11) is 0. The molecule has 1 unspecified atom stereocenters. The van der Waals surface area contributed by atoms with Crippen molar-refractivity contribution >= 4 is 67.1 Å². The molecular formula is C56H42N2S. The maximum atomic E-state index is 2.44. The quantitative estimate of drug-likeness (QED) is 0.174. The second kappa shape index (κ2) is 16.1. The molecule has 1 aliphatic carbocycles. The van der Waals surface area contributed by atoms with Crippen molar-refractivity contribution in [3.05, 3.63) is 236 Å². The van der Waals surface area contributed by atoms with Crippen LogP contribution in [-0.2, 0) is 0 Å². The molecule has 6 aromatic carbocycles. The van der Waals surface area contributed by atoms with Gasteiger partial charge in [-0.25, -0.2) is 0 Å². The number of fused-ring (bicyclic) bond motifs is 10. The van der Waals surface area contributed by atoms with Crippen LogP contribution in [0.2, 0.25) is 0 Å². The van der Waals surface area contributed by atoms with Gasteiger partial charge in [-0.2, -0.15) is 0 Å². The van der Waals surface area contributed by atoms with E-state index in [2.05, 4.69) is 241 Å². The molecule has 8 aromatic rings. The van der Waals surface area contributed by atoms with Crippen molar-refractivity contribution in [3.8, 4) is 16.8 Å². The summed E-state index contributed by atoms with van der Waals surface area (Å²) >= 11 is 1.90. The van der Waals surface area contributed by atoms with Crippen molar-refractivity contribution in [2.75, 3.05) is 0 Å². The van der Waals surface area contributed by atoms with Crippen LogP contribution in [0.5, 0.6) is 0 Å². The lowest BCUT2D eigenvalue weighted by molar-refractivity contribution is 0.940. The Hall–Kier alpha value is -7.07. The van der Waals surface area contributed by atoms with Crippen LogP contribution in [0.4, 0.5) is 0 Å². The van der Waals surface area contributed by atoms with E-state index < -0.39 is 0 Å². The molecule has 0 N–H and O–H groups in total. The largest absolute Gasteiger partial charge is 0.309 e. The molecule has 1 atom stereocenters. The van der Waals surface area contributed by atoms with Crippen LogP contribution in [0, 0.1) is 0 Å². The van der Waals surface area contributed by atoms with Crippen molar-refractivity contribution in [2.45, 2.75) is 22.6 Å². The number of aromatic nitrogens is 2. The Labute approximate surface area is 349 Å². The van der Waals surface area contributed by atoms with E-state index in [4.69, 9.17) is 0 Å². The average Bonchev–Trinajstić information content (AvgIpc) is 3.79.